The number of carbonyl (C=O) groups excluding carboxylic acids is 4. The second kappa shape index (κ2) is 12.3. The summed E-state index contributed by atoms with van der Waals surface area (Å²) in [5.74, 6) is -1.60. The highest BCUT2D eigenvalue weighted by Gasteiger charge is 2.36. The van der Waals surface area contributed by atoms with Crippen LogP contribution in [-0.4, -0.2) is 48.1 Å². The van der Waals surface area contributed by atoms with Crippen molar-refractivity contribution in [3.63, 3.8) is 0 Å². The van der Waals surface area contributed by atoms with Gasteiger partial charge >= 0.3 is 0 Å². The van der Waals surface area contributed by atoms with Gasteiger partial charge in [-0.1, -0.05) is 24.3 Å². The molecule has 2 N–H and O–H groups in total. The van der Waals surface area contributed by atoms with Gasteiger partial charge < -0.3 is 20.1 Å². The molecule has 0 aliphatic carbocycles. The number of hydrogen-bond acceptors (Lipinski definition) is 7. The van der Waals surface area contributed by atoms with Gasteiger partial charge in [-0.2, -0.15) is 0 Å². The number of ether oxygens (including phenoxy) is 2. The Morgan fingerprint density at radius 3 is 2.41 bits per heavy atom. The summed E-state index contributed by atoms with van der Waals surface area (Å²) in [4.78, 5) is 51.4. The number of aryl methyl sites for hydroxylation is 1. The van der Waals surface area contributed by atoms with Crippen LogP contribution in [0.1, 0.15) is 11.1 Å². The van der Waals surface area contributed by atoms with Crippen molar-refractivity contribution in [1.82, 2.24) is 4.90 Å². The van der Waals surface area contributed by atoms with Crippen molar-refractivity contribution in [3.05, 3.63) is 88.6 Å². The van der Waals surface area contributed by atoms with Crippen molar-refractivity contribution in [1.29, 1.82) is 0 Å². The van der Waals surface area contributed by atoms with Gasteiger partial charge in [-0.25, -0.2) is 4.39 Å². The third-order valence-corrected chi connectivity index (χ3v) is 6.38. The Bertz CT molecular complexity index is 1460. The second-order valence-electron chi connectivity index (χ2n) is 8.41. The van der Waals surface area contributed by atoms with Crippen molar-refractivity contribution < 1.29 is 33.0 Å². The summed E-state index contributed by atoms with van der Waals surface area (Å²) in [6, 6.07) is 17.3. The van der Waals surface area contributed by atoms with E-state index in [1.54, 1.807) is 36.4 Å². The zero-order valence-electron chi connectivity index (χ0n) is 21.0. The van der Waals surface area contributed by atoms with Gasteiger partial charge in [0.25, 0.3) is 17.1 Å². The quantitative estimate of drug-likeness (QED) is 0.367. The molecule has 0 bridgehead atoms. The summed E-state index contributed by atoms with van der Waals surface area (Å²) < 4.78 is 24.2. The Balaban J connectivity index is 1.46. The molecule has 0 atom stereocenters. The van der Waals surface area contributed by atoms with E-state index in [1.807, 2.05) is 13.0 Å². The summed E-state index contributed by atoms with van der Waals surface area (Å²) in [5.41, 5.74) is 2.29. The van der Waals surface area contributed by atoms with Gasteiger partial charge in [0.15, 0.2) is 18.1 Å². The van der Waals surface area contributed by atoms with E-state index in [0.29, 0.717) is 34.4 Å². The molecular weight excluding hydrogens is 525 g/mol. The number of rotatable bonds is 9. The van der Waals surface area contributed by atoms with Crippen molar-refractivity contribution in [2.45, 2.75) is 6.92 Å². The van der Waals surface area contributed by atoms with Crippen LogP contribution in [0.3, 0.4) is 0 Å². The summed E-state index contributed by atoms with van der Waals surface area (Å²) in [6.07, 6.45) is 1.44. The molecule has 11 heteroatoms. The van der Waals surface area contributed by atoms with Crippen LogP contribution in [0.5, 0.6) is 11.5 Å². The number of nitrogens with one attached hydrogen (secondary N) is 2. The molecule has 3 aromatic rings. The van der Waals surface area contributed by atoms with Crippen LogP contribution in [0.25, 0.3) is 6.08 Å². The van der Waals surface area contributed by atoms with Crippen LogP contribution in [0.4, 0.5) is 20.6 Å². The van der Waals surface area contributed by atoms with Gasteiger partial charge in [-0.3, -0.25) is 24.1 Å². The number of halogens is 1. The first-order valence-electron chi connectivity index (χ1n) is 11.7. The van der Waals surface area contributed by atoms with Gasteiger partial charge in [0.2, 0.25) is 5.91 Å². The lowest BCUT2D eigenvalue weighted by molar-refractivity contribution is -0.127. The molecule has 3 aromatic carbocycles. The molecule has 1 aliphatic heterocycles. The molecule has 0 spiro atoms. The summed E-state index contributed by atoms with van der Waals surface area (Å²) in [6.45, 7) is 1.03. The lowest BCUT2D eigenvalue weighted by Gasteiger charge is -2.14. The lowest BCUT2D eigenvalue weighted by Crippen LogP contribution is -2.36. The summed E-state index contributed by atoms with van der Waals surface area (Å²) >= 11 is 0.689. The van der Waals surface area contributed by atoms with Crippen molar-refractivity contribution in [2.24, 2.45) is 0 Å². The van der Waals surface area contributed by atoms with Crippen LogP contribution >= 0.6 is 11.8 Å². The van der Waals surface area contributed by atoms with E-state index in [9.17, 15) is 23.6 Å². The molecule has 1 fully saturated rings. The topological polar surface area (TPSA) is 114 Å². The van der Waals surface area contributed by atoms with Gasteiger partial charge in [0, 0.05) is 16.9 Å². The van der Waals surface area contributed by atoms with Crippen LogP contribution < -0.4 is 20.1 Å². The van der Waals surface area contributed by atoms with E-state index in [0.717, 1.165) is 10.5 Å². The molecule has 200 valence electrons. The number of benzene rings is 3. The highest BCUT2D eigenvalue weighted by atomic mass is 32.2. The van der Waals surface area contributed by atoms with Crippen LogP contribution in [0.15, 0.2) is 71.6 Å². The summed E-state index contributed by atoms with van der Waals surface area (Å²) in [5, 5.41) is 4.68. The predicted octanol–water partition coefficient (Wildman–Crippen LogP) is 4.84. The number of anilines is 2. The van der Waals surface area contributed by atoms with Crippen molar-refractivity contribution in [2.75, 3.05) is 30.9 Å². The average molecular weight is 550 g/mol. The number of hydrogen-bond donors (Lipinski definition) is 2. The SMILES string of the molecule is COc1cccc(/C=C2\SC(=O)N(CC(=O)Nc3cccc(C)c3)C2=O)c1OCC(=O)Nc1ccc(F)cc1. The van der Waals surface area contributed by atoms with Crippen LogP contribution in [0.2, 0.25) is 0 Å². The first kappa shape index (κ1) is 27.4. The number of para-hydroxylation sites is 1. The van der Waals surface area contributed by atoms with Crippen LogP contribution in [0, 0.1) is 12.7 Å². The maximum Gasteiger partial charge on any atom is 0.294 e. The molecule has 0 saturated carbocycles. The fourth-order valence-corrected chi connectivity index (χ4v) is 4.50. The fourth-order valence-electron chi connectivity index (χ4n) is 3.67. The normalized spacial score (nSPS) is 13.9. The molecular formula is C28H24FN3O6S. The zero-order chi connectivity index (χ0) is 27.9. The molecule has 4 rings (SSSR count). The van der Waals surface area contributed by atoms with Crippen molar-refractivity contribution in [3.8, 4) is 11.5 Å². The Morgan fingerprint density at radius 1 is 0.974 bits per heavy atom. The Labute approximate surface area is 228 Å². The van der Waals surface area contributed by atoms with Gasteiger partial charge in [0.05, 0.1) is 12.0 Å². The van der Waals surface area contributed by atoms with E-state index in [1.165, 1.54) is 37.5 Å². The average Bonchev–Trinajstić information content (AvgIpc) is 3.16. The molecule has 0 radical (unpaired) electrons. The third-order valence-electron chi connectivity index (χ3n) is 5.47. The van der Waals surface area contributed by atoms with Gasteiger partial charge in [-0.05, 0) is 72.8 Å². The minimum Gasteiger partial charge on any atom is -0.493 e. The van der Waals surface area contributed by atoms with E-state index < -0.39 is 41.9 Å². The van der Waals surface area contributed by atoms with Gasteiger partial charge in [-0.15, -0.1) is 0 Å². The van der Waals surface area contributed by atoms with E-state index in [2.05, 4.69) is 10.6 Å². The number of methoxy groups -OCH3 is 1. The Hall–Kier alpha value is -4.64. The standard InChI is InChI=1S/C28H24FN3O6S/c1-17-5-3-7-21(13-17)31-24(33)15-32-27(35)23(39-28(32)36)14-18-6-4-8-22(37-2)26(18)38-16-25(34)30-20-11-9-19(29)10-12-20/h3-14H,15-16H2,1-2H3,(H,30,34)(H,31,33)/b23-14-. The first-order chi connectivity index (χ1) is 18.7. The van der Waals surface area contributed by atoms with E-state index in [-0.39, 0.29) is 10.7 Å². The minimum absolute atomic E-state index is 0.0808. The molecule has 0 unspecified atom stereocenters. The van der Waals surface area contributed by atoms with Crippen molar-refractivity contribution >= 4 is 52.2 Å². The predicted molar refractivity (Wildman–Crippen MR) is 146 cm³/mol. The molecule has 39 heavy (non-hydrogen) atoms. The molecule has 4 amide bonds. The van der Waals surface area contributed by atoms with Gasteiger partial charge in [0.1, 0.15) is 12.4 Å². The highest BCUT2D eigenvalue weighted by molar-refractivity contribution is 8.18. The number of amides is 4. The molecule has 1 saturated heterocycles. The number of imide groups is 1. The van der Waals surface area contributed by atoms with Crippen LogP contribution in [-0.2, 0) is 14.4 Å². The molecule has 1 heterocycles. The smallest absolute Gasteiger partial charge is 0.294 e. The Morgan fingerprint density at radius 2 is 1.69 bits per heavy atom. The second-order valence-corrected chi connectivity index (χ2v) is 9.40. The number of thioether (sulfide) groups is 1. The Kier molecular flexibility index (Phi) is 8.62. The maximum atomic E-state index is 13.1. The maximum absolute atomic E-state index is 13.1. The molecule has 0 aromatic heterocycles. The number of carbonyl (C=O) groups is 4. The summed E-state index contributed by atoms with van der Waals surface area (Å²) in [7, 11) is 1.42. The van der Waals surface area contributed by atoms with E-state index >= 15 is 0 Å². The molecule has 1 aliphatic rings. The number of nitrogens with zero attached hydrogens (tertiary/aromatic N) is 1. The largest absolute Gasteiger partial charge is 0.493 e. The lowest BCUT2D eigenvalue weighted by atomic mass is 10.1. The third kappa shape index (κ3) is 7.02. The van der Waals surface area contributed by atoms with E-state index in [4.69, 9.17) is 9.47 Å². The molecule has 9 nitrogen and oxygen atoms in total. The monoisotopic (exact) mass is 549 g/mol. The first-order valence-corrected chi connectivity index (χ1v) is 12.5. The fraction of sp³-hybridized carbons (Fsp3) is 0.143. The highest BCUT2D eigenvalue weighted by Crippen LogP contribution is 2.37. The zero-order valence-corrected chi connectivity index (χ0v) is 21.8. The minimum atomic E-state index is -0.632.